The zero-order chi connectivity index (χ0) is 53.5. The number of aliphatic hydroxyl groups excluding tert-OH is 1. The molecule has 0 bridgehead atoms. The molecule has 3 atom stereocenters. The van der Waals surface area contributed by atoms with Crippen molar-refractivity contribution in [2.24, 2.45) is 0 Å². The Morgan fingerprint density at radius 3 is 1.18 bits per heavy atom. The van der Waals surface area contributed by atoms with E-state index in [0.717, 1.165) is 51.4 Å². The third kappa shape index (κ3) is 57.7. The van der Waals surface area contributed by atoms with E-state index in [0.29, 0.717) is 17.4 Å². The maximum atomic E-state index is 13.0. The lowest BCUT2D eigenvalue weighted by Gasteiger charge is -2.25. The predicted octanol–water partition coefficient (Wildman–Crippen LogP) is 19.3. The van der Waals surface area contributed by atoms with Crippen LogP contribution in [0.4, 0.5) is 0 Å². The van der Waals surface area contributed by atoms with Gasteiger partial charge < -0.3 is 19.8 Å². The number of hydrogen-bond donors (Lipinski definition) is 3. The number of carbonyl (C=O) groups is 1. The van der Waals surface area contributed by atoms with Crippen LogP contribution in [0.3, 0.4) is 0 Å². The van der Waals surface area contributed by atoms with Gasteiger partial charge in [-0.25, -0.2) is 4.57 Å². The Morgan fingerprint density at radius 1 is 0.466 bits per heavy atom. The van der Waals surface area contributed by atoms with Crippen molar-refractivity contribution in [2.45, 2.75) is 302 Å². The fourth-order valence-electron chi connectivity index (χ4n) is 9.05. The highest BCUT2D eigenvalue weighted by atomic mass is 31.2. The molecule has 0 saturated heterocycles. The number of quaternary nitrogens is 1. The Labute approximate surface area is 453 Å². The summed E-state index contributed by atoms with van der Waals surface area (Å²) in [7, 11) is 1.55. The number of hydrogen-bond acceptors (Lipinski definition) is 5. The van der Waals surface area contributed by atoms with Crippen molar-refractivity contribution in [3.8, 4) is 0 Å². The number of phosphoric ester groups is 1. The summed E-state index contributed by atoms with van der Waals surface area (Å²) in [6, 6.07) is -0.873. The van der Waals surface area contributed by atoms with Crippen LogP contribution < -0.4 is 5.32 Å². The maximum Gasteiger partial charge on any atom is 0.472 e. The van der Waals surface area contributed by atoms with Crippen LogP contribution in [0.15, 0.2) is 60.8 Å². The van der Waals surface area contributed by atoms with Gasteiger partial charge in [0.2, 0.25) is 5.91 Å². The van der Waals surface area contributed by atoms with Crippen LogP contribution in [0.2, 0.25) is 0 Å². The number of nitrogens with zero attached hydrogens (tertiary/aromatic N) is 1. The van der Waals surface area contributed by atoms with Crippen molar-refractivity contribution >= 4 is 13.7 Å². The molecular weight excluding hydrogens is 924 g/mol. The van der Waals surface area contributed by atoms with Gasteiger partial charge in [0.05, 0.1) is 39.9 Å². The molecule has 73 heavy (non-hydrogen) atoms. The zero-order valence-electron chi connectivity index (χ0n) is 48.9. The number of allylic oxidation sites excluding steroid dienone is 9. The van der Waals surface area contributed by atoms with E-state index in [-0.39, 0.29) is 19.1 Å². The van der Waals surface area contributed by atoms with Crippen molar-refractivity contribution < 1.29 is 32.9 Å². The molecule has 3 N–H and O–H groups in total. The average molecular weight is 1050 g/mol. The first-order valence-electron chi connectivity index (χ1n) is 31.2. The van der Waals surface area contributed by atoms with Gasteiger partial charge in [-0.1, -0.05) is 267 Å². The lowest BCUT2D eigenvalue weighted by molar-refractivity contribution is -0.870. The Kier molecular flexibility index (Phi) is 53.6. The van der Waals surface area contributed by atoms with Crippen molar-refractivity contribution in [1.82, 2.24) is 5.32 Å². The fourth-order valence-corrected chi connectivity index (χ4v) is 9.78. The molecule has 0 aromatic heterocycles. The molecule has 0 aliphatic rings. The number of phosphoric acid groups is 1. The van der Waals surface area contributed by atoms with Crippen LogP contribution in [-0.4, -0.2) is 73.4 Å². The molecule has 0 heterocycles. The summed E-state index contributed by atoms with van der Waals surface area (Å²) in [5.74, 6) is -0.190. The standard InChI is InChI=1S/C64H121N2O6P/c1-6-8-10-12-14-16-18-20-22-24-26-28-30-32-34-35-37-39-41-43-45-47-49-51-53-55-57-63(67)62(61-72-73(69,70)71-60-59-66(3,4)5)65-64(68)58-56-54-52-50-48-46-44-42-40-38-36-33-31-29-27-25-23-21-19-17-15-13-11-9-7-2/h19,21,25,27,39,41,47,49,55,57,62-63,67H,6-18,20,22-24,26,28-38,40,42-46,48,50-54,56,58-61H2,1-5H3,(H-,65,68,69,70)/p+1/b21-19-,27-25-,41-39+,49-47+,57-55+. The van der Waals surface area contributed by atoms with Gasteiger partial charge in [0.1, 0.15) is 13.2 Å². The summed E-state index contributed by atoms with van der Waals surface area (Å²) in [6.07, 6.45) is 74.8. The monoisotopic (exact) mass is 1050 g/mol. The van der Waals surface area contributed by atoms with E-state index in [1.165, 1.54) is 218 Å². The molecule has 0 radical (unpaired) electrons. The Bertz CT molecular complexity index is 1370. The first-order chi connectivity index (χ1) is 35.5. The van der Waals surface area contributed by atoms with E-state index in [1.54, 1.807) is 6.08 Å². The summed E-state index contributed by atoms with van der Waals surface area (Å²) in [4.78, 5) is 23.3. The summed E-state index contributed by atoms with van der Waals surface area (Å²) >= 11 is 0. The largest absolute Gasteiger partial charge is 0.472 e. The van der Waals surface area contributed by atoms with E-state index in [2.05, 4.69) is 67.8 Å². The van der Waals surface area contributed by atoms with E-state index >= 15 is 0 Å². The molecule has 1 amide bonds. The van der Waals surface area contributed by atoms with Crippen LogP contribution in [0.1, 0.15) is 290 Å². The van der Waals surface area contributed by atoms with Gasteiger partial charge in [0.25, 0.3) is 0 Å². The minimum absolute atomic E-state index is 0.0523. The lowest BCUT2D eigenvalue weighted by Crippen LogP contribution is -2.45. The summed E-state index contributed by atoms with van der Waals surface area (Å²) in [5, 5.41) is 13.9. The van der Waals surface area contributed by atoms with Gasteiger partial charge in [-0.2, -0.15) is 0 Å². The highest BCUT2D eigenvalue weighted by Gasteiger charge is 2.27. The summed E-state index contributed by atoms with van der Waals surface area (Å²) < 4.78 is 23.7. The van der Waals surface area contributed by atoms with Crippen molar-refractivity contribution in [2.75, 3.05) is 40.9 Å². The highest BCUT2D eigenvalue weighted by molar-refractivity contribution is 7.47. The molecule has 9 heteroatoms. The second-order valence-corrected chi connectivity index (χ2v) is 23.9. The number of aliphatic hydroxyl groups is 1. The lowest BCUT2D eigenvalue weighted by atomic mass is 10.0. The average Bonchev–Trinajstić information content (AvgIpc) is 3.35. The molecule has 0 aliphatic carbocycles. The Balaban J connectivity index is 4.23. The molecule has 428 valence electrons. The fraction of sp³-hybridized carbons (Fsp3) is 0.828. The van der Waals surface area contributed by atoms with Crippen molar-refractivity contribution in [1.29, 1.82) is 0 Å². The quantitative estimate of drug-likeness (QED) is 0.0243. The van der Waals surface area contributed by atoms with E-state index < -0.39 is 20.0 Å². The molecule has 0 rings (SSSR count). The van der Waals surface area contributed by atoms with Gasteiger partial charge in [-0.05, 0) is 77.0 Å². The number of unbranched alkanes of at least 4 members (excludes halogenated alkanes) is 36. The van der Waals surface area contributed by atoms with E-state index in [1.807, 2.05) is 27.2 Å². The van der Waals surface area contributed by atoms with E-state index in [9.17, 15) is 19.4 Å². The van der Waals surface area contributed by atoms with Gasteiger partial charge in [0, 0.05) is 6.42 Å². The SMILES string of the molecule is CCCCCCC/C=C\C/C=C\CCCCCCCCCCCCCCCC(=O)NC(COP(=O)(O)OCC[N+](C)(C)C)C(O)/C=C/CC/C=C/CC/C=C/CCCCCCCCCCCCCCCCCC. The first-order valence-corrected chi connectivity index (χ1v) is 32.7. The minimum Gasteiger partial charge on any atom is -0.387 e. The van der Waals surface area contributed by atoms with Gasteiger partial charge in [-0.3, -0.25) is 13.8 Å². The summed E-state index contributed by atoms with van der Waals surface area (Å²) in [5.41, 5.74) is 0. The van der Waals surface area contributed by atoms with E-state index in [4.69, 9.17) is 9.05 Å². The molecular formula is C64H122N2O6P+. The number of carbonyl (C=O) groups excluding carboxylic acids is 1. The second kappa shape index (κ2) is 55.0. The molecule has 0 fully saturated rings. The van der Waals surface area contributed by atoms with Crippen LogP contribution in [0.5, 0.6) is 0 Å². The van der Waals surface area contributed by atoms with Crippen molar-refractivity contribution in [3.63, 3.8) is 0 Å². The summed E-state index contributed by atoms with van der Waals surface area (Å²) in [6.45, 7) is 4.81. The molecule has 3 unspecified atom stereocenters. The minimum atomic E-state index is -4.36. The zero-order valence-corrected chi connectivity index (χ0v) is 49.8. The molecule has 8 nitrogen and oxygen atoms in total. The predicted molar refractivity (Wildman–Crippen MR) is 318 cm³/mol. The number of amides is 1. The van der Waals surface area contributed by atoms with Crippen LogP contribution in [0.25, 0.3) is 0 Å². The number of nitrogens with one attached hydrogen (secondary N) is 1. The normalized spacial score (nSPS) is 14.2. The van der Waals surface area contributed by atoms with Gasteiger partial charge in [0.15, 0.2) is 0 Å². The van der Waals surface area contributed by atoms with Gasteiger partial charge in [-0.15, -0.1) is 0 Å². The molecule has 0 aromatic carbocycles. The van der Waals surface area contributed by atoms with Crippen LogP contribution >= 0.6 is 7.82 Å². The molecule has 0 spiro atoms. The van der Waals surface area contributed by atoms with Crippen LogP contribution in [0, 0.1) is 0 Å². The highest BCUT2D eigenvalue weighted by Crippen LogP contribution is 2.43. The Morgan fingerprint density at radius 2 is 0.795 bits per heavy atom. The first kappa shape index (κ1) is 71.2. The van der Waals surface area contributed by atoms with Crippen LogP contribution in [-0.2, 0) is 18.4 Å². The second-order valence-electron chi connectivity index (χ2n) is 22.4. The molecule has 0 aliphatic heterocycles. The molecule has 0 aromatic rings. The third-order valence-corrected chi connectivity index (χ3v) is 14.9. The molecule has 0 saturated carbocycles. The van der Waals surface area contributed by atoms with Crippen molar-refractivity contribution in [3.05, 3.63) is 60.8 Å². The third-order valence-electron chi connectivity index (χ3n) is 13.9. The van der Waals surface area contributed by atoms with Gasteiger partial charge >= 0.3 is 7.82 Å². The Hall–Kier alpha value is -1.80. The number of rotatable bonds is 57. The number of likely N-dealkylation sites (N-methyl/N-ethyl adjacent to an activating group) is 1. The smallest absolute Gasteiger partial charge is 0.387 e. The maximum absolute atomic E-state index is 13.0. The topological polar surface area (TPSA) is 105 Å².